The number of hydrogen-bond acceptors (Lipinski definition) is 3. The molecule has 0 radical (unpaired) electrons. The number of carbonyl (C=O) groups is 1. The van der Waals surface area contributed by atoms with Gasteiger partial charge in [-0.05, 0) is 24.8 Å². The molecule has 0 aliphatic carbocycles. The first-order valence-corrected chi connectivity index (χ1v) is 7.24. The lowest BCUT2D eigenvalue weighted by Crippen LogP contribution is -2.43. The molecule has 1 rings (SSSR count). The van der Waals surface area contributed by atoms with E-state index in [1.165, 1.54) is 0 Å². The van der Waals surface area contributed by atoms with Gasteiger partial charge in [0, 0.05) is 32.0 Å². The number of carbonyl (C=O) groups excluding carboxylic acids is 1. The number of nitrogens with one attached hydrogen (secondary N) is 1. The van der Waals surface area contributed by atoms with E-state index >= 15 is 0 Å². The Balaban J connectivity index is 2.97. The zero-order valence-corrected chi connectivity index (χ0v) is 13.5. The second-order valence-corrected chi connectivity index (χ2v) is 6.31. The zero-order chi connectivity index (χ0) is 15.3. The molecule has 1 aromatic rings. The SMILES string of the molecule is CCCNc1ccncc1C(=O)N(C)C(C)C(C)(C)C. The third-order valence-electron chi connectivity index (χ3n) is 3.77. The second kappa shape index (κ2) is 6.73. The van der Waals surface area contributed by atoms with Crippen LogP contribution in [0.15, 0.2) is 18.5 Å². The van der Waals surface area contributed by atoms with Crippen LogP contribution in [0.25, 0.3) is 0 Å². The van der Waals surface area contributed by atoms with Crippen LogP contribution in [0.2, 0.25) is 0 Å². The molecule has 0 bridgehead atoms. The molecule has 0 aliphatic heterocycles. The van der Waals surface area contributed by atoms with Crippen molar-refractivity contribution < 1.29 is 4.79 Å². The van der Waals surface area contributed by atoms with E-state index in [-0.39, 0.29) is 17.4 Å². The molecule has 0 aromatic carbocycles. The van der Waals surface area contributed by atoms with Gasteiger partial charge in [-0.25, -0.2) is 0 Å². The number of hydrogen-bond donors (Lipinski definition) is 1. The molecule has 112 valence electrons. The summed E-state index contributed by atoms with van der Waals surface area (Å²) >= 11 is 0. The minimum absolute atomic E-state index is 0.0131. The van der Waals surface area contributed by atoms with Crippen molar-refractivity contribution >= 4 is 11.6 Å². The molecule has 0 fully saturated rings. The fraction of sp³-hybridized carbons (Fsp3) is 0.625. The number of aromatic nitrogens is 1. The quantitative estimate of drug-likeness (QED) is 0.897. The molecule has 0 saturated heterocycles. The fourth-order valence-electron chi connectivity index (χ4n) is 1.93. The van der Waals surface area contributed by atoms with Crippen LogP contribution in [0.3, 0.4) is 0 Å². The topological polar surface area (TPSA) is 45.2 Å². The monoisotopic (exact) mass is 277 g/mol. The first kappa shape index (κ1) is 16.5. The molecule has 0 saturated carbocycles. The predicted octanol–water partition coefficient (Wildman–Crippen LogP) is 3.41. The molecule has 4 heteroatoms. The van der Waals surface area contributed by atoms with Gasteiger partial charge in [-0.1, -0.05) is 27.7 Å². The van der Waals surface area contributed by atoms with Crippen molar-refractivity contribution in [2.75, 3.05) is 18.9 Å². The predicted molar refractivity (Wildman–Crippen MR) is 84.0 cm³/mol. The van der Waals surface area contributed by atoms with E-state index in [2.05, 4.69) is 44.9 Å². The van der Waals surface area contributed by atoms with Gasteiger partial charge in [0.15, 0.2) is 0 Å². The number of rotatable bonds is 5. The summed E-state index contributed by atoms with van der Waals surface area (Å²) in [5.74, 6) is 0.0131. The first-order valence-electron chi connectivity index (χ1n) is 7.24. The van der Waals surface area contributed by atoms with Gasteiger partial charge < -0.3 is 10.2 Å². The number of amides is 1. The lowest BCUT2D eigenvalue weighted by atomic mass is 9.87. The van der Waals surface area contributed by atoms with Crippen molar-refractivity contribution in [1.29, 1.82) is 0 Å². The smallest absolute Gasteiger partial charge is 0.257 e. The maximum atomic E-state index is 12.7. The summed E-state index contributed by atoms with van der Waals surface area (Å²) in [5.41, 5.74) is 1.54. The summed E-state index contributed by atoms with van der Waals surface area (Å²) in [7, 11) is 1.86. The third kappa shape index (κ3) is 3.95. The number of pyridine rings is 1. The summed E-state index contributed by atoms with van der Waals surface area (Å²) in [6, 6.07) is 2.01. The van der Waals surface area contributed by atoms with Gasteiger partial charge in [-0.2, -0.15) is 0 Å². The van der Waals surface area contributed by atoms with Gasteiger partial charge >= 0.3 is 0 Å². The minimum atomic E-state index is 0.0131. The molecular formula is C16H27N3O. The average Bonchev–Trinajstić information content (AvgIpc) is 2.42. The number of anilines is 1. The van der Waals surface area contributed by atoms with Gasteiger partial charge in [-0.3, -0.25) is 9.78 Å². The van der Waals surface area contributed by atoms with Gasteiger partial charge in [0.2, 0.25) is 0 Å². The molecular weight excluding hydrogens is 250 g/mol. The molecule has 20 heavy (non-hydrogen) atoms. The Morgan fingerprint density at radius 1 is 1.45 bits per heavy atom. The van der Waals surface area contributed by atoms with E-state index in [4.69, 9.17) is 0 Å². The summed E-state index contributed by atoms with van der Waals surface area (Å²) in [4.78, 5) is 18.6. The van der Waals surface area contributed by atoms with Crippen molar-refractivity contribution in [1.82, 2.24) is 9.88 Å². The molecule has 0 aliphatic rings. The third-order valence-corrected chi connectivity index (χ3v) is 3.77. The summed E-state index contributed by atoms with van der Waals surface area (Å²) in [6.45, 7) is 11.4. The highest BCUT2D eigenvalue weighted by Crippen LogP contribution is 2.25. The van der Waals surface area contributed by atoms with Gasteiger partial charge in [0.05, 0.1) is 11.3 Å². The first-order chi connectivity index (χ1) is 9.29. The molecule has 1 unspecified atom stereocenters. The Hall–Kier alpha value is -1.58. The van der Waals surface area contributed by atoms with E-state index < -0.39 is 0 Å². The Bertz CT molecular complexity index is 451. The van der Waals surface area contributed by atoms with Crippen LogP contribution >= 0.6 is 0 Å². The van der Waals surface area contributed by atoms with Crippen molar-refractivity contribution in [3.05, 3.63) is 24.0 Å². The highest BCUT2D eigenvalue weighted by Gasteiger charge is 2.28. The van der Waals surface area contributed by atoms with E-state index in [1.807, 2.05) is 13.1 Å². The normalized spacial score (nSPS) is 12.9. The molecule has 0 spiro atoms. The maximum absolute atomic E-state index is 12.7. The Morgan fingerprint density at radius 2 is 2.10 bits per heavy atom. The molecule has 1 amide bonds. The molecule has 4 nitrogen and oxygen atoms in total. The van der Waals surface area contributed by atoms with Crippen molar-refractivity contribution in [2.24, 2.45) is 5.41 Å². The van der Waals surface area contributed by atoms with Crippen LogP contribution in [0.4, 0.5) is 5.69 Å². The van der Waals surface area contributed by atoms with Gasteiger partial charge in [0.1, 0.15) is 0 Å². The van der Waals surface area contributed by atoms with Crippen LogP contribution < -0.4 is 5.32 Å². The molecule has 1 heterocycles. The zero-order valence-electron chi connectivity index (χ0n) is 13.5. The van der Waals surface area contributed by atoms with Crippen LogP contribution in [0.5, 0.6) is 0 Å². The minimum Gasteiger partial charge on any atom is -0.384 e. The molecule has 1 N–H and O–H groups in total. The highest BCUT2D eigenvalue weighted by atomic mass is 16.2. The van der Waals surface area contributed by atoms with Crippen molar-refractivity contribution in [3.8, 4) is 0 Å². The fourth-order valence-corrected chi connectivity index (χ4v) is 1.93. The van der Waals surface area contributed by atoms with Crippen LogP contribution in [-0.2, 0) is 0 Å². The van der Waals surface area contributed by atoms with E-state index in [9.17, 15) is 4.79 Å². The number of nitrogens with zero attached hydrogens (tertiary/aromatic N) is 2. The van der Waals surface area contributed by atoms with Crippen LogP contribution in [0, 0.1) is 5.41 Å². The highest BCUT2D eigenvalue weighted by molar-refractivity contribution is 5.99. The largest absolute Gasteiger partial charge is 0.384 e. The van der Waals surface area contributed by atoms with Gasteiger partial charge in [0.25, 0.3) is 5.91 Å². The summed E-state index contributed by atoms with van der Waals surface area (Å²) < 4.78 is 0. The Morgan fingerprint density at radius 3 is 2.65 bits per heavy atom. The Kier molecular flexibility index (Phi) is 5.54. The Labute approximate surface area is 122 Å². The van der Waals surface area contributed by atoms with Crippen LogP contribution in [0.1, 0.15) is 51.4 Å². The van der Waals surface area contributed by atoms with E-state index in [0.29, 0.717) is 5.56 Å². The summed E-state index contributed by atoms with van der Waals surface area (Å²) in [5, 5.41) is 3.29. The molecule has 1 aromatic heterocycles. The lowest BCUT2D eigenvalue weighted by molar-refractivity contribution is 0.0630. The van der Waals surface area contributed by atoms with E-state index in [1.54, 1.807) is 17.3 Å². The maximum Gasteiger partial charge on any atom is 0.257 e. The molecule has 1 atom stereocenters. The standard InChI is InChI=1S/C16H27N3O/c1-7-9-18-14-8-10-17-11-13(14)15(20)19(6)12(2)16(3,4)5/h8,10-12H,7,9H2,1-6H3,(H,17,18). The summed E-state index contributed by atoms with van der Waals surface area (Å²) in [6.07, 6.45) is 4.37. The average molecular weight is 277 g/mol. The van der Waals surface area contributed by atoms with E-state index in [0.717, 1.165) is 18.7 Å². The van der Waals surface area contributed by atoms with Crippen LogP contribution in [-0.4, -0.2) is 35.4 Å². The van der Waals surface area contributed by atoms with Gasteiger partial charge in [-0.15, -0.1) is 0 Å². The van der Waals surface area contributed by atoms with Crippen molar-refractivity contribution in [3.63, 3.8) is 0 Å². The lowest BCUT2D eigenvalue weighted by Gasteiger charge is -2.35. The second-order valence-electron chi connectivity index (χ2n) is 6.31. The van der Waals surface area contributed by atoms with Crippen molar-refractivity contribution in [2.45, 2.75) is 47.1 Å².